The fraction of sp³-hybridized carbons (Fsp3) is 0.333. The summed E-state index contributed by atoms with van der Waals surface area (Å²) < 4.78 is 21.1. The molecule has 0 saturated carbocycles. The highest BCUT2D eigenvalue weighted by molar-refractivity contribution is 7.10. The predicted molar refractivity (Wildman–Crippen MR) is 106 cm³/mol. The van der Waals surface area contributed by atoms with Crippen molar-refractivity contribution < 1.29 is 28.5 Å². The fourth-order valence-corrected chi connectivity index (χ4v) is 4.09. The Bertz CT molecular complexity index is 892. The minimum absolute atomic E-state index is 0.167. The van der Waals surface area contributed by atoms with E-state index >= 15 is 0 Å². The van der Waals surface area contributed by atoms with Gasteiger partial charge in [-0.1, -0.05) is 25.1 Å². The number of rotatable bonds is 6. The zero-order valence-corrected chi connectivity index (χ0v) is 16.8. The van der Waals surface area contributed by atoms with E-state index in [-0.39, 0.29) is 11.1 Å². The molecule has 0 N–H and O–H groups in total. The summed E-state index contributed by atoms with van der Waals surface area (Å²) in [7, 11) is 2.54. The number of benzene rings is 1. The van der Waals surface area contributed by atoms with E-state index in [4.69, 9.17) is 18.9 Å². The minimum atomic E-state index is -0.642. The van der Waals surface area contributed by atoms with Crippen molar-refractivity contribution in [3.05, 3.63) is 56.8 Å². The van der Waals surface area contributed by atoms with Crippen LogP contribution in [0, 0.1) is 0 Å². The van der Waals surface area contributed by atoms with Crippen LogP contribution < -0.4 is 0 Å². The van der Waals surface area contributed by atoms with Crippen LogP contribution in [0.3, 0.4) is 0 Å². The second-order valence-corrected chi connectivity index (χ2v) is 7.08. The van der Waals surface area contributed by atoms with Gasteiger partial charge in [-0.25, -0.2) is 9.59 Å². The van der Waals surface area contributed by atoms with Gasteiger partial charge in [0.15, 0.2) is 0 Å². The van der Waals surface area contributed by atoms with Crippen LogP contribution in [0.1, 0.15) is 50.1 Å². The van der Waals surface area contributed by atoms with Crippen molar-refractivity contribution in [1.29, 1.82) is 0 Å². The zero-order chi connectivity index (χ0) is 20.1. The summed E-state index contributed by atoms with van der Waals surface area (Å²) in [6.45, 7) is 3.23. The third kappa shape index (κ3) is 4.01. The Balaban J connectivity index is 1.85. The second kappa shape index (κ2) is 8.68. The van der Waals surface area contributed by atoms with Crippen molar-refractivity contribution in [3.8, 4) is 0 Å². The molecule has 0 radical (unpaired) electrons. The lowest BCUT2D eigenvalue weighted by Gasteiger charge is -2.24. The van der Waals surface area contributed by atoms with Gasteiger partial charge in [0.05, 0.1) is 43.4 Å². The predicted octanol–water partition coefficient (Wildman–Crippen LogP) is 4.10. The van der Waals surface area contributed by atoms with Gasteiger partial charge in [-0.3, -0.25) is 0 Å². The molecule has 0 spiro atoms. The quantitative estimate of drug-likeness (QED) is 0.678. The van der Waals surface area contributed by atoms with E-state index < -0.39 is 17.7 Å². The lowest BCUT2D eigenvalue weighted by Crippen LogP contribution is -2.24. The summed E-state index contributed by atoms with van der Waals surface area (Å²) in [6, 6.07) is 6.96. The molecule has 1 aliphatic heterocycles. The lowest BCUT2D eigenvalue weighted by molar-refractivity contribution is -0.164. The van der Waals surface area contributed by atoms with Crippen molar-refractivity contribution >= 4 is 35.4 Å². The number of methoxy groups -OCH3 is 2. The first-order valence-corrected chi connectivity index (χ1v) is 9.76. The first-order chi connectivity index (χ1) is 13.5. The van der Waals surface area contributed by atoms with Gasteiger partial charge in [0.1, 0.15) is 0 Å². The van der Waals surface area contributed by atoms with Gasteiger partial charge in [0, 0.05) is 6.42 Å². The molecule has 0 unspecified atom stereocenters. The van der Waals surface area contributed by atoms with E-state index in [0.717, 1.165) is 22.4 Å². The molecule has 0 amide bonds. The molecular formula is C21H22O6S. The molecule has 0 atom stereocenters. The number of ether oxygens (including phenoxy) is 4. The zero-order valence-electron chi connectivity index (χ0n) is 16.0. The van der Waals surface area contributed by atoms with Crippen LogP contribution in [0.15, 0.2) is 29.6 Å². The monoisotopic (exact) mass is 402 g/mol. The fourth-order valence-electron chi connectivity index (χ4n) is 3.04. The highest BCUT2D eigenvalue weighted by atomic mass is 32.1. The van der Waals surface area contributed by atoms with Crippen LogP contribution in [-0.4, -0.2) is 39.4 Å². The smallest absolute Gasteiger partial charge is 0.338 e. The van der Waals surface area contributed by atoms with Crippen molar-refractivity contribution in [2.75, 3.05) is 27.4 Å². The summed E-state index contributed by atoms with van der Waals surface area (Å²) in [5, 5.41) is 2.03. The van der Waals surface area contributed by atoms with Gasteiger partial charge in [0.25, 0.3) is 0 Å². The molecule has 28 heavy (non-hydrogen) atoms. The Hall–Kier alpha value is -2.48. The summed E-state index contributed by atoms with van der Waals surface area (Å²) in [5.74, 6) is -1.81. The SMILES string of the molecule is CCC1(c2cc(/C=C/c3ccc(C(=O)OC)c(C(=O)OC)c3)cs2)OCCO1. The molecule has 1 aliphatic rings. The number of hydrogen-bond acceptors (Lipinski definition) is 7. The molecule has 2 heterocycles. The number of esters is 2. The first kappa shape index (κ1) is 20.3. The van der Waals surface area contributed by atoms with Crippen molar-refractivity contribution in [3.63, 3.8) is 0 Å². The van der Waals surface area contributed by atoms with Crippen LogP contribution in [-0.2, 0) is 24.7 Å². The van der Waals surface area contributed by atoms with E-state index in [9.17, 15) is 9.59 Å². The van der Waals surface area contributed by atoms with Gasteiger partial charge < -0.3 is 18.9 Å². The van der Waals surface area contributed by atoms with Gasteiger partial charge in [-0.05, 0) is 34.7 Å². The molecule has 6 nitrogen and oxygen atoms in total. The molecule has 1 aromatic heterocycles. The van der Waals surface area contributed by atoms with E-state index in [0.29, 0.717) is 13.2 Å². The molecule has 1 aromatic carbocycles. The molecule has 0 aliphatic carbocycles. The Morgan fingerprint density at radius 3 is 2.32 bits per heavy atom. The van der Waals surface area contributed by atoms with Crippen molar-refractivity contribution in [2.45, 2.75) is 19.1 Å². The highest BCUT2D eigenvalue weighted by Gasteiger charge is 2.37. The Morgan fingerprint density at radius 2 is 1.68 bits per heavy atom. The van der Waals surface area contributed by atoms with Crippen LogP contribution in [0.25, 0.3) is 12.2 Å². The minimum Gasteiger partial charge on any atom is -0.465 e. The van der Waals surface area contributed by atoms with Gasteiger partial charge in [0.2, 0.25) is 5.79 Å². The maximum Gasteiger partial charge on any atom is 0.338 e. The Morgan fingerprint density at radius 1 is 1.04 bits per heavy atom. The largest absolute Gasteiger partial charge is 0.465 e. The van der Waals surface area contributed by atoms with E-state index in [1.807, 2.05) is 30.5 Å². The molecule has 0 bridgehead atoms. The maximum atomic E-state index is 12.0. The van der Waals surface area contributed by atoms with Crippen molar-refractivity contribution in [1.82, 2.24) is 0 Å². The number of thiophene rings is 1. The van der Waals surface area contributed by atoms with E-state index in [2.05, 4.69) is 0 Å². The van der Waals surface area contributed by atoms with Crippen LogP contribution >= 0.6 is 11.3 Å². The first-order valence-electron chi connectivity index (χ1n) is 8.88. The second-order valence-electron chi connectivity index (χ2n) is 6.17. The number of carbonyl (C=O) groups is 2. The number of carbonyl (C=O) groups excluding carboxylic acids is 2. The standard InChI is InChI=1S/C21H22O6S/c1-4-21(26-9-10-27-21)18-12-15(13-28-18)6-5-14-7-8-16(19(22)24-2)17(11-14)20(23)25-3/h5-8,11-13H,4,9-10H2,1-3H3/b6-5+. The Kier molecular flexibility index (Phi) is 6.28. The summed E-state index contributed by atoms with van der Waals surface area (Å²) in [4.78, 5) is 24.9. The molecule has 1 saturated heterocycles. The highest BCUT2D eigenvalue weighted by Crippen LogP contribution is 2.38. The van der Waals surface area contributed by atoms with Gasteiger partial charge in [-0.2, -0.15) is 0 Å². The molecule has 3 rings (SSSR count). The van der Waals surface area contributed by atoms with Gasteiger partial charge >= 0.3 is 11.9 Å². The maximum absolute atomic E-state index is 12.0. The average Bonchev–Trinajstić information content (AvgIpc) is 3.41. The van der Waals surface area contributed by atoms with E-state index in [1.165, 1.54) is 14.2 Å². The van der Waals surface area contributed by atoms with Crippen LogP contribution in [0.2, 0.25) is 0 Å². The molecule has 7 heteroatoms. The molecule has 1 fully saturated rings. The summed E-state index contributed by atoms with van der Waals surface area (Å²) in [5.41, 5.74) is 2.10. The third-order valence-corrected chi connectivity index (χ3v) is 5.61. The van der Waals surface area contributed by atoms with Gasteiger partial charge in [-0.15, -0.1) is 11.3 Å². The summed E-state index contributed by atoms with van der Waals surface area (Å²) in [6.07, 6.45) is 4.55. The normalized spacial score (nSPS) is 15.7. The number of hydrogen-bond donors (Lipinski definition) is 0. The van der Waals surface area contributed by atoms with Crippen molar-refractivity contribution in [2.24, 2.45) is 0 Å². The van der Waals surface area contributed by atoms with E-state index in [1.54, 1.807) is 29.5 Å². The Labute approximate surface area is 167 Å². The topological polar surface area (TPSA) is 71.1 Å². The average molecular weight is 402 g/mol. The van der Waals surface area contributed by atoms with Crippen LogP contribution in [0.4, 0.5) is 0 Å². The summed E-state index contributed by atoms with van der Waals surface area (Å²) >= 11 is 1.59. The molecule has 2 aromatic rings. The third-order valence-electron chi connectivity index (χ3n) is 4.54. The van der Waals surface area contributed by atoms with Crippen LogP contribution in [0.5, 0.6) is 0 Å². The molecule has 148 valence electrons. The lowest BCUT2D eigenvalue weighted by atomic mass is 10.0. The molecular weight excluding hydrogens is 380 g/mol.